The number of nitrogens with one attached hydrogen (secondary N) is 2. The zero-order valence-electron chi connectivity index (χ0n) is 26.2. The number of thioether (sulfide) groups is 1. The van der Waals surface area contributed by atoms with Crippen LogP contribution >= 0.6 is 23.1 Å². The first-order chi connectivity index (χ1) is 24.2. The predicted molar refractivity (Wildman–Crippen MR) is 183 cm³/mol. The number of pyridine rings is 1. The minimum absolute atomic E-state index is 0.0149. The number of hydrogen-bond acceptors (Lipinski definition) is 12. The molecule has 0 bridgehead atoms. The number of thiazole rings is 1. The number of nitrogens with two attached hydrogens (primary N) is 1. The quantitative estimate of drug-likeness (QED) is 0.0705. The maximum Gasteiger partial charge on any atom is 0.352 e. The van der Waals surface area contributed by atoms with E-state index >= 15 is 0 Å². The van der Waals surface area contributed by atoms with Gasteiger partial charge in [0.25, 0.3) is 11.8 Å². The lowest BCUT2D eigenvalue weighted by Crippen LogP contribution is -2.71. The van der Waals surface area contributed by atoms with Gasteiger partial charge < -0.3 is 31.6 Å². The van der Waals surface area contributed by atoms with Crippen molar-refractivity contribution in [2.24, 2.45) is 5.16 Å². The van der Waals surface area contributed by atoms with E-state index in [2.05, 4.69) is 25.8 Å². The second-order valence-corrected chi connectivity index (χ2v) is 13.9. The van der Waals surface area contributed by atoms with Gasteiger partial charge in [0.1, 0.15) is 22.8 Å². The molecule has 2 saturated heterocycles. The van der Waals surface area contributed by atoms with Gasteiger partial charge in [0.2, 0.25) is 11.8 Å². The number of anilines is 2. The average molecular weight is 715 g/mol. The first kappa shape index (κ1) is 33.0. The third-order valence-corrected chi connectivity index (χ3v) is 11.1. The Morgan fingerprint density at radius 3 is 2.60 bits per heavy atom. The van der Waals surface area contributed by atoms with Crippen LogP contribution in [0.4, 0.5) is 10.8 Å². The SMILES string of the molecule is Nc1nc(C(=NO)C(=O)N[C@@H]2C(=O)N3C(C(=O)O)=C(C(=C4CCNC4=O)C(CC(=O)N4CCc5ccccc54)c4ccncc4)CS[C@H]23)cs1. The van der Waals surface area contributed by atoms with Crippen LogP contribution in [0.5, 0.6) is 0 Å². The van der Waals surface area contributed by atoms with Crippen LogP contribution in [-0.4, -0.2) is 90.7 Å². The summed E-state index contributed by atoms with van der Waals surface area (Å²) in [5, 5.41) is 29.3. The molecular formula is C33H30N8O7S2. The number of carbonyl (C=O) groups is 5. The van der Waals surface area contributed by atoms with Gasteiger partial charge in [-0.15, -0.1) is 23.1 Å². The number of benzene rings is 1. The number of allylic oxidation sites excluding steroid dienone is 1. The van der Waals surface area contributed by atoms with Gasteiger partial charge in [0.15, 0.2) is 10.8 Å². The molecule has 2 fully saturated rings. The number of nitrogen functional groups attached to an aromatic ring is 1. The van der Waals surface area contributed by atoms with E-state index in [0.717, 1.165) is 27.5 Å². The van der Waals surface area contributed by atoms with Gasteiger partial charge in [0, 0.05) is 60.2 Å². The number of carbonyl (C=O) groups excluding carboxylic acids is 4. The maximum absolute atomic E-state index is 14.1. The van der Waals surface area contributed by atoms with E-state index in [-0.39, 0.29) is 52.5 Å². The molecule has 0 radical (unpaired) electrons. The molecular weight excluding hydrogens is 685 g/mol. The molecule has 3 aromatic rings. The molecule has 0 spiro atoms. The number of rotatable bonds is 9. The van der Waals surface area contributed by atoms with Gasteiger partial charge in [-0.05, 0) is 53.3 Å². The lowest BCUT2D eigenvalue weighted by molar-refractivity contribution is -0.150. The number of aromatic nitrogens is 2. The summed E-state index contributed by atoms with van der Waals surface area (Å²) in [7, 11) is 0. The average Bonchev–Trinajstić information content (AvgIpc) is 3.87. The lowest BCUT2D eigenvalue weighted by Gasteiger charge is -2.50. The van der Waals surface area contributed by atoms with Crippen molar-refractivity contribution in [3.63, 3.8) is 0 Å². The summed E-state index contributed by atoms with van der Waals surface area (Å²) in [6.07, 6.45) is 4.05. The number of β-lactam (4-membered cyclic amide) rings is 1. The summed E-state index contributed by atoms with van der Waals surface area (Å²) >= 11 is 2.24. The fourth-order valence-corrected chi connectivity index (χ4v) is 8.80. The number of aliphatic carboxylic acids is 1. The lowest BCUT2D eigenvalue weighted by atomic mass is 9.80. The number of amides is 4. The molecule has 3 atom stereocenters. The first-order valence-corrected chi connectivity index (χ1v) is 17.6. The highest BCUT2D eigenvalue weighted by Gasteiger charge is 2.55. The number of hydrogen-bond donors (Lipinski definition) is 5. The van der Waals surface area contributed by atoms with Crippen LogP contribution in [0.3, 0.4) is 0 Å². The number of nitrogens with zero attached hydrogens (tertiary/aromatic N) is 5. The van der Waals surface area contributed by atoms with E-state index in [4.69, 9.17) is 5.73 Å². The van der Waals surface area contributed by atoms with Crippen LogP contribution in [0.2, 0.25) is 0 Å². The Balaban J connectivity index is 1.26. The molecule has 6 heterocycles. The zero-order chi connectivity index (χ0) is 35.1. The van der Waals surface area contributed by atoms with Crippen LogP contribution in [-0.2, 0) is 30.4 Å². The highest BCUT2D eigenvalue weighted by atomic mass is 32.2. The molecule has 6 N–H and O–H groups in total. The fraction of sp³-hybridized carbons (Fsp3) is 0.273. The minimum Gasteiger partial charge on any atom is -0.477 e. The van der Waals surface area contributed by atoms with Crippen LogP contribution < -0.4 is 21.3 Å². The molecule has 7 rings (SSSR count). The Morgan fingerprint density at radius 1 is 1.14 bits per heavy atom. The molecule has 15 nitrogen and oxygen atoms in total. The summed E-state index contributed by atoms with van der Waals surface area (Å²) in [5.41, 5.74) is 8.38. The third-order valence-electron chi connectivity index (χ3n) is 9.15. The second kappa shape index (κ2) is 13.4. The van der Waals surface area contributed by atoms with E-state index < -0.39 is 40.8 Å². The summed E-state index contributed by atoms with van der Waals surface area (Å²) < 4.78 is 0. The number of oxime groups is 1. The van der Waals surface area contributed by atoms with Crippen molar-refractivity contribution in [1.82, 2.24) is 25.5 Å². The van der Waals surface area contributed by atoms with Gasteiger partial charge in [0.05, 0.1) is 0 Å². The van der Waals surface area contributed by atoms with Crippen LogP contribution in [0, 0.1) is 0 Å². The van der Waals surface area contributed by atoms with E-state index in [0.29, 0.717) is 36.2 Å². The maximum atomic E-state index is 14.1. The van der Waals surface area contributed by atoms with Gasteiger partial charge in [-0.25, -0.2) is 9.78 Å². The van der Waals surface area contributed by atoms with Crippen molar-refractivity contribution >= 4 is 69.2 Å². The molecule has 256 valence electrons. The van der Waals surface area contributed by atoms with Gasteiger partial charge >= 0.3 is 5.97 Å². The Hall–Kier alpha value is -5.55. The second-order valence-electron chi connectivity index (χ2n) is 11.9. The molecule has 17 heteroatoms. The van der Waals surface area contributed by atoms with Crippen LogP contribution in [0.1, 0.15) is 35.6 Å². The number of carboxylic acid groups (broad SMARTS) is 1. The summed E-state index contributed by atoms with van der Waals surface area (Å²) in [6, 6.07) is 9.98. The molecule has 4 aliphatic rings. The Kier molecular flexibility index (Phi) is 8.83. The van der Waals surface area contributed by atoms with Crippen molar-refractivity contribution in [2.75, 3.05) is 29.5 Å². The molecule has 1 unspecified atom stereocenters. The molecule has 4 amide bonds. The van der Waals surface area contributed by atoms with Crippen molar-refractivity contribution in [3.05, 3.63) is 93.4 Å². The monoisotopic (exact) mass is 714 g/mol. The third kappa shape index (κ3) is 5.77. The van der Waals surface area contributed by atoms with Crippen LogP contribution in [0.15, 0.2) is 81.7 Å². The topological polar surface area (TPSA) is 221 Å². The van der Waals surface area contributed by atoms with E-state index in [1.54, 1.807) is 29.4 Å². The van der Waals surface area contributed by atoms with Crippen molar-refractivity contribution in [3.8, 4) is 0 Å². The molecule has 50 heavy (non-hydrogen) atoms. The predicted octanol–water partition coefficient (Wildman–Crippen LogP) is 1.62. The first-order valence-electron chi connectivity index (χ1n) is 15.6. The van der Waals surface area contributed by atoms with E-state index in [9.17, 15) is 34.3 Å². The molecule has 2 aromatic heterocycles. The van der Waals surface area contributed by atoms with Gasteiger partial charge in [-0.2, -0.15) is 0 Å². The Bertz CT molecular complexity index is 2030. The van der Waals surface area contributed by atoms with Gasteiger partial charge in [-0.1, -0.05) is 23.4 Å². The van der Waals surface area contributed by atoms with E-state index in [1.807, 2.05) is 24.3 Å². The minimum atomic E-state index is -1.40. The van der Waals surface area contributed by atoms with Crippen LogP contribution in [0.25, 0.3) is 0 Å². The van der Waals surface area contributed by atoms with E-state index in [1.165, 1.54) is 17.1 Å². The summed E-state index contributed by atoms with van der Waals surface area (Å²) in [5.74, 6) is -4.26. The smallest absolute Gasteiger partial charge is 0.352 e. The Labute approximate surface area is 292 Å². The zero-order valence-corrected chi connectivity index (χ0v) is 27.9. The molecule has 0 saturated carbocycles. The number of fused-ring (bicyclic) bond motifs is 2. The molecule has 4 aliphatic heterocycles. The highest BCUT2D eigenvalue weighted by molar-refractivity contribution is 8.00. The molecule has 0 aliphatic carbocycles. The summed E-state index contributed by atoms with van der Waals surface area (Å²) in [6.45, 7) is 0.817. The van der Waals surface area contributed by atoms with Gasteiger partial charge in [-0.3, -0.25) is 29.1 Å². The molecule has 1 aromatic carbocycles. The van der Waals surface area contributed by atoms with Crippen molar-refractivity contribution in [2.45, 2.75) is 36.6 Å². The summed E-state index contributed by atoms with van der Waals surface area (Å²) in [4.78, 5) is 78.2. The highest BCUT2D eigenvalue weighted by Crippen LogP contribution is 2.47. The van der Waals surface area contributed by atoms with Crippen molar-refractivity contribution in [1.29, 1.82) is 0 Å². The number of carboxylic acids is 1. The largest absolute Gasteiger partial charge is 0.477 e. The van der Waals surface area contributed by atoms with Crippen molar-refractivity contribution < 1.29 is 34.3 Å². The number of para-hydroxylation sites is 1. The standard InChI is InChI=1S/C33H30N8O7S2/c34-33-37-21(15-50-33)25(39-48)29(44)38-26-30(45)41-27(32(46)47)20(14-49-31(26)41)24(18-7-11-36-28(18)43)19(16-5-9-35-10-6-16)13-23(42)40-12-8-17-3-1-2-4-22(17)40/h1-6,9-10,15,19,26,31,48H,7-8,11-14H2,(H2,34,37)(H,36,43)(H,38,44)(H,46,47)/t19?,26-,31-/m1/s1. The Morgan fingerprint density at radius 2 is 1.92 bits per heavy atom. The normalized spacial score (nSPS) is 21.6. The fourth-order valence-electron chi connectivity index (χ4n) is 6.89.